The molecular formula is C16H26N4. The maximum Gasteiger partial charge on any atom is 0.134 e. The molecule has 0 amide bonds. The van der Waals surface area contributed by atoms with Crippen molar-refractivity contribution in [1.82, 2.24) is 9.97 Å². The van der Waals surface area contributed by atoms with Crippen molar-refractivity contribution in [1.29, 1.82) is 0 Å². The molecule has 2 saturated carbocycles. The summed E-state index contributed by atoms with van der Waals surface area (Å²) in [4.78, 5) is 8.94. The normalized spacial score (nSPS) is 29.6. The van der Waals surface area contributed by atoms with Crippen molar-refractivity contribution in [2.45, 2.75) is 58.9 Å². The van der Waals surface area contributed by atoms with E-state index in [0.29, 0.717) is 11.9 Å². The maximum absolute atomic E-state index is 6.00. The Hall–Kier alpha value is -1.32. The molecular weight excluding hydrogens is 248 g/mol. The van der Waals surface area contributed by atoms with Gasteiger partial charge in [-0.15, -0.1) is 0 Å². The molecule has 0 spiro atoms. The van der Waals surface area contributed by atoms with Crippen molar-refractivity contribution in [2.75, 3.05) is 11.1 Å². The molecule has 0 aromatic carbocycles. The zero-order valence-electron chi connectivity index (χ0n) is 12.8. The van der Waals surface area contributed by atoms with Gasteiger partial charge >= 0.3 is 0 Å². The Kier molecular flexibility index (Phi) is 3.57. The molecule has 2 aliphatic carbocycles. The van der Waals surface area contributed by atoms with Gasteiger partial charge in [0, 0.05) is 18.0 Å². The van der Waals surface area contributed by atoms with Gasteiger partial charge in [0.15, 0.2) is 0 Å². The lowest BCUT2D eigenvalue weighted by molar-refractivity contribution is 0.304. The summed E-state index contributed by atoms with van der Waals surface area (Å²) < 4.78 is 0. The molecule has 2 fully saturated rings. The van der Waals surface area contributed by atoms with Gasteiger partial charge in [0.05, 0.1) is 0 Å². The first-order valence-corrected chi connectivity index (χ1v) is 7.98. The van der Waals surface area contributed by atoms with Gasteiger partial charge in [-0.25, -0.2) is 9.97 Å². The fraction of sp³-hybridized carbons (Fsp3) is 0.750. The van der Waals surface area contributed by atoms with Crippen molar-refractivity contribution < 1.29 is 0 Å². The lowest BCUT2D eigenvalue weighted by Crippen LogP contribution is -2.31. The van der Waals surface area contributed by atoms with E-state index >= 15 is 0 Å². The second kappa shape index (κ2) is 5.23. The highest BCUT2D eigenvalue weighted by atomic mass is 15.1. The zero-order chi connectivity index (χ0) is 14.3. The first kappa shape index (κ1) is 13.7. The molecule has 1 aromatic rings. The number of aryl methyl sites for hydroxylation is 1. The summed E-state index contributed by atoms with van der Waals surface area (Å²) >= 11 is 0. The Balaban J connectivity index is 1.75. The molecule has 3 N–H and O–H groups in total. The zero-order valence-corrected chi connectivity index (χ0v) is 12.8. The minimum atomic E-state index is 0.475. The summed E-state index contributed by atoms with van der Waals surface area (Å²) in [7, 11) is 0. The van der Waals surface area contributed by atoms with Crippen LogP contribution in [0.4, 0.5) is 11.6 Å². The highest BCUT2D eigenvalue weighted by Crippen LogP contribution is 2.49. The molecule has 1 heterocycles. The van der Waals surface area contributed by atoms with E-state index in [9.17, 15) is 0 Å². The number of nitrogen functional groups attached to an aromatic ring is 1. The van der Waals surface area contributed by atoms with Gasteiger partial charge in [0.25, 0.3) is 0 Å². The second-order valence-corrected chi connectivity index (χ2v) is 6.62. The van der Waals surface area contributed by atoms with Crippen molar-refractivity contribution in [3.05, 3.63) is 11.4 Å². The van der Waals surface area contributed by atoms with E-state index in [2.05, 4.69) is 29.1 Å². The smallest absolute Gasteiger partial charge is 0.134 e. The Morgan fingerprint density at radius 2 is 2.10 bits per heavy atom. The van der Waals surface area contributed by atoms with Gasteiger partial charge in [-0.2, -0.15) is 0 Å². The van der Waals surface area contributed by atoms with Crippen LogP contribution >= 0.6 is 0 Å². The number of hydrogen-bond acceptors (Lipinski definition) is 4. The van der Waals surface area contributed by atoms with E-state index < -0.39 is 0 Å². The van der Waals surface area contributed by atoms with Crippen LogP contribution in [0, 0.1) is 24.7 Å². The van der Waals surface area contributed by atoms with Crippen LogP contribution in [-0.2, 0) is 6.42 Å². The van der Waals surface area contributed by atoms with E-state index in [-0.39, 0.29) is 0 Å². The van der Waals surface area contributed by atoms with Gasteiger partial charge in [0.1, 0.15) is 17.5 Å². The number of aromatic nitrogens is 2. The predicted molar refractivity (Wildman–Crippen MR) is 82.6 cm³/mol. The van der Waals surface area contributed by atoms with E-state index in [4.69, 9.17) is 5.73 Å². The third kappa shape index (κ3) is 2.36. The largest absolute Gasteiger partial charge is 0.383 e. The number of rotatable bonds is 4. The lowest BCUT2D eigenvalue weighted by atomic mass is 9.84. The minimum Gasteiger partial charge on any atom is -0.383 e. The van der Waals surface area contributed by atoms with Crippen LogP contribution in [0.15, 0.2) is 0 Å². The fourth-order valence-electron chi connectivity index (χ4n) is 4.11. The van der Waals surface area contributed by atoms with Crippen molar-refractivity contribution in [2.24, 2.45) is 17.8 Å². The standard InChI is InChI=1S/C16H26N4/c1-4-14-19-15(17)9(2)16(20-14)18-10(3)13-8-11-5-6-12(13)7-11/h10-13H,4-8H2,1-3H3,(H3,17,18,19,20). The molecule has 4 unspecified atom stereocenters. The first-order chi connectivity index (χ1) is 9.58. The number of hydrogen-bond donors (Lipinski definition) is 2. The monoisotopic (exact) mass is 274 g/mol. The lowest BCUT2D eigenvalue weighted by Gasteiger charge is -2.29. The highest BCUT2D eigenvalue weighted by molar-refractivity contribution is 5.55. The van der Waals surface area contributed by atoms with E-state index in [1.165, 1.54) is 25.7 Å². The first-order valence-electron chi connectivity index (χ1n) is 7.98. The van der Waals surface area contributed by atoms with Crippen molar-refractivity contribution in [3.63, 3.8) is 0 Å². The minimum absolute atomic E-state index is 0.475. The Labute approximate surface area is 121 Å². The van der Waals surface area contributed by atoms with Crippen LogP contribution in [0.25, 0.3) is 0 Å². The van der Waals surface area contributed by atoms with Crippen LogP contribution < -0.4 is 11.1 Å². The molecule has 1 aromatic heterocycles. The third-order valence-corrected chi connectivity index (χ3v) is 5.35. The molecule has 20 heavy (non-hydrogen) atoms. The van der Waals surface area contributed by atoms with Gasteiger partial charge in [-0.05, 0) is 50.9 Å². The third-order valence-electron chi connectivity index (χ3n) is 5.35. The molecule has 2 bridgehead atoms. The maximum atomic E-state index is 6.00. The number of nitrogens with one attached hydrogen (secondary N) is 1. The fourth-order valence-corrected chi connectivity index (χ4v) is 4.11. The SMILES string of the molecule is CCc1nc(N)c(C)c(NC(C)C2CC3CCC2C3)n1. The van der Waals surface area contributed by atoms with Gasteiger partial charge in [-0.3, -0.25) is 0 Å². The van der Waals surface area contributed by atoms with Gasteiger partial charge < -0.3 is 11.1 Å². The molecule has 0 aliphatic heterocycles. The van der Waals surface area contributed by atoms with Crippen LogP contribution in [0.1, 0.15) is 50.9 Å². The Bertz CT molecular complexity index is 499. The second-order valence-electron chi connectivity index (χ2n) is 6.62. The van der Waals surface area contributed by atoms with Crippen molar-refractivity contribution >= 4 is 11.6 Å². The average molecular weight is 274 g/mol. The Morgan fingerprint density at radius 1 is 1.30 bits per heavy atom. The van der Waals surface area contributed by atoms with Gasteiger partial charge in [0.2, 0.25) is 0 Å². The summed E-state index contributed by atoms with van der Waals surface area (Å²) in [6, 6.07) is 0.475. The average Bonchev–Trinajstić information content (AvgIpc) is 3.06. The molecule has 3 rings (SSSR count). The summed E-state index contributed by atoms with van der Waals surface area (Å²) in [6.07, 6.45) is 6.53. The summed E-state index contributed by atoms with van der Waals surface area (Å²) in [5.41, 5.74) is 6.98. The van der Waals surface area contributed by atoms with Crippen LogP contribution in [0.5, 0.6) is 0 Å². The molecule has 4 heteroatoms. The number of nitrogens with two attached hydrogens (primary N) is 1. The van der Waals surface area contributed by atoms with E-state index in [0.717, 1.165) is 41.4 Å². The van der Waals surface area contributed by atoms with Crippen LogP contribution in [0.2, 0.25) is 0 Å². The van der Waals surface area contributed by atoms with Crippen LogP contribution in [-0.4, -0.2) is 16.0 Å². The molecule has 110 valence electrons. The number of nitrogens with zero attached hydrogens (tertiary/aromatic N) is 2. The van der Waals surface area contributed by atoms with Gasteiger partial charge in [-0.1, -0.05) is 13.3 Å². The molecule has 4 nitrogen and oxygen atoms in total. The predicted octanol–water partition coefficient (Wildman–Crippen LogP) is 3.17. The van der Waals surface area contributed by atoms with E-state index in [1.54, 1.807) is 0 Å². The van der Waals surface area contributed by atoms with Crippen LogP contribution in [0.3, 0.4) is 0 Å². The van der Waals surface area contributed by atoms with Crippen molar-refractivity contribution in [3.8, 4) is 0 Å². The molecule has 2 aliphatic rings. The quantitative estimate of drug-likeness (QED) is 0.885. The summed E-state index contributed by atoms with van der Waals surface area (Å²) in [5.74, 6) is 5.08. The summed E-state index contributed by atoms with van der Waals surface area (Å²) in [6.45, 7) is 6.37. The Morgan fingerprint density at radius 3 is 2.70 bits per heavy atom. The molecule has 0 radical (unpaired) electrons. The highest BCUT2D eigenvalue weighted by Gasteiger charge is 2.41. The summed E-state index contributed by atoms with van der Waals surface area (Å²) in [5, 5.41) is 3.62. The van der Waals surface area contributed by atoms with E-state index in [1.807, 2.05) is 6.92 Å². The number of anilines is 2. The topological polar surface area (TPSA) is 63.8 Å². The molecule has 0 saturated heterocycles. The molecule has 4 atom stereocenters. The number of fused-ring (bicyclic) bond motifs is 2.